The van der Waals surface area contributed by atoms with E-state index in [2.05, 4.69) is 21.1 Å². The van der Waals surface area contributed by atoms with Crippen molar-refractivity contribution in [1.29, 1.82) is 5.26 Å². The molecule has 1 atom stereocenters. The number of aromatic nitrogens is 5. The van der Waals surface area contributed by atoms with Crippen LogP contribution in [0.15, 0.2) is 37.1 Å². The van der Waals surface area contributed by atoms with E-state index in [0.29, 0.717) is 12.3 Å². The first-order chi connectivity index (χ1) is 11.4. The van der Waals surface area contributed by atoms with Gasteiger partial charge in [0.15, 0.2) is 5.82 Å². The molecule has 1 unspecified atom stereocenters. The van der Waals surface area contributed by atoms with E-state index in [9.17, 15) is 5.26 Å². The summed E-state index contributed by atoms with van der Waals surface area (Å²) in [5, 5.41) is 13.7. The van der Waals surface area contributed by atoms with Crippen LogP contribution in [0.2, 0.25) is 0 Å². The second kappa shape index (κ2) is 5.84. The first kappa shape index (κ1) is 13.9. The van der Waals surface area contributed by atoms with Gasteiger partial charge in [0.05, 0.1) is 30.3 Å². The topological polar surface area (TPSA) is 71.8 Å². The smallest absolute Gasteiger partial charge is 0.150 e. The molecule has 4 rings (SSSR count). The van der Waals surface area contributed by atoms with Gasteiger partial charge in [-0.15, -0.1) is 0 Å². The molecule has 0 aromatic carbocycles. The van der Waals surface area contributed by atoms with Gasteiger partial charge in [-0.3, -0.25) is 9.08 Å². The summed E-state index contributed by atoms with van der Waals surface area (Å²) in [6, 6.07) is 6.40. The van der Waals surface area contributed by atoms with Crippen molar-refractivity contribution in [3.63, 3.8) is 0 Å². The predicted octanol–water partition coefficient (Wildman–Crippen LogP) is 3.24. The van der Waals surface area contributed by atoms with Crippen molar-refractivity contribution in [3.05, 3.63) is 37.1 Å². The van der Waals surface area contributed by atoms with Crippen molar-refractivity contribution in [1.82, 2.24) is 24.1 Å². The van der Waals surface area contributed by atoms with Gasteiger partial charge in [-0.25, -0.2) is 9.97 Å². The summed E-state index contributed by atoms with van der Waals surface area (Å²) < 4.78 is 3.92. The Bertz CT molecular complexity index is 849. The zero-order chi connectivity index (χ0) is 15.6. The van der Waals surface area contributed by atoms with Crippen LogP contribution in [-0.4, -0.2) is 24.1 Å². The molecule has 1 aliphatic rings. The standard InChI is InChI=1S/C17H18N6/c18-8-7-15(13-4-1-2-5-13)23-11-14(10-21-23)17-20-12-19-16-6-3-9-22(16)17/h3,6,9-13,15H,1-2,4-5,7H2. The molecule has 3 aromatic rings. The van der Waals surface area contributed by atoms with Gasteiger partial charge in [0, 0.05) is 12.4 Å². The zero-order valence-corrected chi connectivity index (χ0v) is 12.8. The van der Waals surface area contributed by atoms with Crippen LogP contribution in [0.1, 0.15) is 38.1 Å². The Balaban J connectivity index is 1.70. The highest BCUT2D eigenvalue weighted by Gasteiger charge is 2.27. The molecule has 0 spiro atoms. The number of rotatable bonds is 4. The van der Waals surface area contributed by atoms with E-state index in [1.165, 1.54) is 25.7 Å². The third-order valence-electron chi connectivity index (χ3n) is 4.77. The minimum absolute atomic E-state index is 0.165. The summed E-state index contributed by atoms with van der Waals surface area (Å²) in [5.41, 5.74) is 1.82. The van der Waals surface area contributed by atoms with E-state index in [0.717, 1.165) is 17.0 Å². The van der Waals surface area contributed by atoms with Crippen LogP contribution >= 0.6 is 0 Å². The highest BCUT2D eigenvalue weighted by Crippen LogP contribution is 2.36. The van der Waals surface area contributed by atoms with Crippen LogP contribution in [0.4, 0.5) is 0 Å². The van der Waals surface area contributed by atoms with Crippen LogP contribution in [0.5, 0.6) is 0 Å². The third-order valence-corrected chi connectivity index (χ3v) is 4.77. The van der Waals surface area contributed by atoms with E-state index >= 15 is 0 Å². The summed E-state index contributed by atoms with van der Waals surface area (Å²) in [6.45, 7) is 0. The maximum absolute atomic E-state index is 9.18. The SMILES string of the molecule is N#CCC(C1CCCC1)n1cc(-c2ncnc3cccn23)cn1. The zero-order valence-electron chi connectivity index (χ0n) is 12.8. The Morgan fingerprint density at radius 1 is 1.30 bits per heavy atom. The van der Waals surface area contributed by atoms with E-state index in [1.54, 1.807) is 6.33 Å². The molecular formula is C17H18N6. The number of hydrogen-bond acceptors (Lipinski definition) is 4. The van der Waals surface area contributed by atoms with Crippen molar-refractivity contribution in [3.8, 4) is 17.5 Å². The van der Waals surface area contributed by atoms with Crippen LogP contribution in [0.3, 0.4) is 0 Å². The minimum Gasteiger partial charge on any atom is -0.285 e. The lowest BCUT2D eigenvalue weighted by atomic mass is 9.96. The lowest BCUT2D eigenvalue weighted by molar-refractivity contribution is 0.315. The van der Waals surface area contributed by atoms with E-state index in [-0.39, 0.29) is 6.04 Å². The van der Waals surface area contributed by atoms with Gasteiger partial charge in [-0.1, -0.05) is 12.8 Å². The van der Waals surface area contributed by atoms with Gasteiger partial charge in [0.25, 0.3) is 0 Å². The van der Waals surface area contributed by atoms with Gasteiger partial charge in [-0.05, 0) is 30.9 Å². The summed E-state index contributed by atoms with van der Waals surface area (Å²) in [4.78, 5) is 8.64. The molecule has 23 heavy (non-hydrogen) atoms. The molecule has 0 aliphatic heterocycles. The molecule has 0 saturated heterocycles. The van der Waals surface area contributed by atoms with E-state index in [1.807, 2.05) is 39.8 Å². The molecular weight excluding hydrogens is 288 g/mol. The molecule has 6 heteroatoms. The van der Waals surface area contributed by atoms with Crippen molar-refractivity contribution < 1.29 is 0 Å². The molecule has 3 heterocycles. The van der Waals surface area contributed by atoms with Crippen molar-refractivity contribution >= 4 is 5.65 Å². The van der Waals surface area contributed by atoms with Crippen molar-refractivity contribution in [2.24, 2.45) is 5.92 Å². The van der Waals surface area contributed by atoms with Gasteiger partial charge < -0.3 is 0 Å². The molecule has 116 valence electrons. The second-order valence-electron chi connectivity index (χ2n) is 6.12. The second-order valence-corrected chi connectivity index (χ2v) is 6.12. The summed E-state index contributed by atoms with van der Waals surface area (Å²) in [5.74, 6) is 1.38. The van der Waals surface area contributed by atoms with Gasteiger partial charge in [-0.2, -0.15) is 10.4 Å². The van der Waals surface area contributed by atoms with Crippen molar-refractivity contribution in [2.75, 3.05) is 0 Å². The third kappa shape index (κ3) is 2.48. The minimum atomic E-state index is 0.165. The lowest BCUT2D eigenvalue weighted by Crippen LogP contribution is -2.17. The Labute approximate surface area is 134 Å². The number of nitrogens with zero attached hydrogens (tertiary/aromatic N) is 6. The fourth-order valence-corrected chi connectivity index (χ4v) is 3.62. The highest BCUT2D eigenvalue weighted by atomic mass is 15.3. The average molecular weight is 306 g/mol. The van der Waals surface area contributed by atoms with Crippen LogP contribution in [0, 0.1) is 17.2 Å². The molecule has 6 nitrogen and oxygen atoms in total. The number of hydrogen-bond donors (Lipinski definition) is 0. The highest BCUT2D eigenvalue weighted by molar-refractivity contribution is 5.57. The quantitative estimate of drug-likeness (QED) is 0.742. The Kier molecular flexibility index (Phi) is 3.54. The fraction of sp³-hybridized carbons (Fsp3) is 0.412. The maximum atomic E-state index is 9.18. The van der Waals surface area contributed by atoms with Crippen LogP contribution < -0.4 is 0 Å². The molecule has 0 radical (unpaired) electrons. The van der Waals surface area contributed by atoms with Crippen LogP contribution in [0.25, 0.3) is 17.0 Å². The number of fused-ring (bicyclic) bond motifs is 1. The summed E-state index contributed by atoms with van der Waals surface area (Å²) >= 11 is 0. The molecule has 3 aromatic heterocycles. The molecule has 0 bridgehead atoms. The Morgan fingerprint density at radius 3 is 3.00 bits per heavy atom. The molecule has 0 amide bonds. The Morgan fingerprint density at radius 2 is 2.17 bits per heavy atom. The lowest BCUT2D eigenvalue weighted by Gasteiger charge is -2.21. The van der Waals surface area contributed by atoms with E-state index in [4.69, 9.17) is 0 Å². The summed E-state index contributed by atoms with van der Waals surface area (Å²) in [7, 11) is 0. The molecule has 1 saturated carbocycles. The Hall–Kier alpha value is -2.68. The molecule has 1 aliphatic carbocycles. The fourth-order valence-electron chi connectivity index (χ4n) is 3.62. The van der Waals surface area contributed by atoms with Gasteiger partial charge >= 0.3 is 0 Å². The van der Waals surface area contributed by atoms with Gasteiger partial charge in [0.1, 0.15) is 12.0 Å². The maximum Gasteiger partial charge on any atom is 0.150 e. The molecule has 0 N–H and O–H groups in total. The molecule has 1 fully saturated rings. The monoisotopic (exact) mass is 306 g/mol. The van der Waals surface area contributed by atoms with Gasteiger partial charge in [0.2, 0.25) is 0 Å². The largest absolute Gasteiger partial charge is 0.285 e. The van der Waals surface area contributed by atoms with E-state index < -0.39 is 0 Å². The summed E-state index contributed by atoms with van der Waals surface area (Å²) in [6.07, 6.45) is 12.8. The first-order valence-corrected chi connectivity index (χ1v) is 8.06. The predicted molar refractivity (Wildman–Crippen MR) is 85.4 cm³/mol. The van der Waals surface area contributed by atoms with Crippen LogP contribution in [-0.2, 0) is 0 Å². The average Bonchev–Trinajstić information content (AvgIpc) is 3.32. The normalized spacial score (nSPS) is 16.7. The first-order valence-electron chi connectivity index (χ1n) is 8.06. The van der Waals surface area contributed by atoms with Crippen molar-refractivity contribution in [2.45, 2.75) is 38.1 Å². The number of nitriles is 1.